The Balaban J connectivity index is 2.61. The molecule has 0 unspecified atom stereocenters. The Hall–Kier alpha value is 0.154. The summed E-state index contributed by atoms with van der Waals surface area (Å²) in [7, 11) is 0. The first-order valence-corrected chi connectivity index (χ1v) is 11.7. The number of hydrogen-bond donors (Lipinski definition) is 0. The third-order valence-electron chi connectivity index (χ3n) is 3.52. The number of rotatable bonds is 8. The summed E-state index contributed by atoms with van der Waals surface area (Å²) in [6, 6.07) is 0. The molecule has 0 spiro atoms. The summed E-state index contributed by atoms with van der Waals surface area (Å²) in [5, 5.41) is 4.81. The molecule has 1 aliphatic rings. The second-order valence-corrected chi connectivity index (χ2v) is 11.5. The minimum atomic E-state index is -2.14. The Morgan fingerprint density at radius 2 is 1.88 bits per heavy atom. The molecule has 0 heterocycles. The average Bonchev–Trinajstić information content (AvgIpc) is 2.75. The summed E-state index contributed by atoms with van der Waals surface area (Å²) in [6.45, 7) is 5.46. The second-order valence-electron chi connectivity index (χ2n) is 5.43. The van der Waals surface area contributed by atoms with Gasteiger partial charge in [0.05, 0.1) is 0 Å². The molecule has 0 aromatic rings. The first-order valence-electron chi connectivity index (χ1n) is 7.14. The van der Waals surface area contributed by atoms with E-state index in [1.165, 1.54) is 32.1 Å². The molecule has 0 N–H and O–H groups in total. The maximum absolute atomic E-state index is 6.25. The van der Waals surface area contributed by atoms with Gasteiger partial charge in [0, 0.05) is 0 Å². The summed E-state index contributed by atoms with van der Waals surface area (Å²) in [6.07, 6.45) is 12.1. The first kappa shape index (κ1) is 15.2. The minimum absolute atomic E-state index is 0.966. The summed E-state index contributed by atoms with van der Waals surface area (Å²) in [4.78, 5) is 0. The molecule has 1 nitrogen and oxygen atoms in total. The topological polar surface area (TPSA) is 9.23 Å². The van der Waals surface area contributed by atoms with E-state index in [4.69, 9.17) is 3.32 Å². The molecule has 0 aromatic carbocycles. The van der Waals surface area contributed by atoms with Crippen LogP contribution >= 0.6 is 0 Å². The molecular weight excluding hydrogens is 244 g/mol. The van der Waals surface area contributed by atoms with Crippen molar-refractivity contribution in [1.82, 2.24) is 0 Å². The Labute approximate surface area is 111 Å². The van der Waals surface area contributed by atoms with Crippen LogP contribution in [0.4, 0.5) is 0 Å². The van der Waals surface area contributed by atoms with Gasteiger partial charge in [0.1, 0.15) is 0 Å². The molecule has 0 fully saturated rings. The van der Waals surface area contributed by atoms with Gasteiger partial charge in [-0.2, -0.15) is 0 Å². The van der Waals surface area contributed by atoms with E-state index in [-0.39, 0.29) is 0 Å². The van der Waals surface area contributed by atoms with Gasteiger partial charge in [0.2, 0.25) is 0 Å². The van der Waals surface area contributed by atoms with E-state index in [0.29, 0.717) is 0 Å². The van der Waals surface area contributed by atoms with Gasteiger partial charge in [0.25, 0.3) is 0 Å². The van der Waals surface area contributed by atoms with Crippen molar-refractivity contribution < 1.29 is 20.3 Å². The van der Waals surface area contributed by atoms with Crippen molar-refractivity contribution in [2.24, 2.45) is 0 Å². The Bertz CT molecular complexity index is 289. The summed E-state index contributed by atoms with van der Waals surface area (Å²) >= 11 is -2.14. The molecule has 1 rings (SSSR count). The van der Waals surface area contributed by atoms with E-state index in [2.05, 4.69) is 36.5 Å². The number of allylic oxidation sites excluding steroid dienone is 4. The van der Waals surface area contributed by atoms with Gasteiger partial charge < -0.3 is 0 Å². The van der Waals surface area contributed by atoms with Crippen molar-refractivity contribution in [2.45, 2.75) is 62.8 Å². The first-order chi connectivity index (χ1) is 8.11. The van der Waals surface area contributed by atoms with E-state index in [9.17, 15) is 0 Å². The molecule has 0 bridgehead atoms. The quantitative estimate of drug-likeness (QED) is 0.426. The Morgan fingerprint density at radius 3 is 2.53 bits per heavy atom. The van der Waals surface area contributed by atoms with Crippen molar-refractivity contribution in [2.75, 3.05) is 6.61 Å². The standard InChI is InChI=1S/C9H13.C4H9O.2CH3.Ti/c1-2-3-6-9-7-4-5-8-9;1-2-3-4-5;;;/h4,7H,2-3,5-6H2,1H3;2-4H2,1H3;2*1H3;/q;-1;;;+1. The van der Waals surface area contributed by atoms with Gasteiger partial charge in [-0.25, -0.2) is 0 Å². The molecule has 1 aliphatic carbocycles. The zero-order valence-electron chi connectivity index (χ0n) is 12.0. The van der Waals surface area contributed by atoms with Gasteiger partial charge in [-0.05, 0) is 0 Å². The van der Waals surface area contributed by atoms with Crippen LogP contribution in [0.5, 0.6) is 0 Å². The van der Waals surface area contributed by atoms with Crippen molar-refractivity contribution >= 4 is 0 Å². The maximum atomic E-state index is 6.25. The average molecular weight is 272 g/mol. The van der Waals surface area contributed by atoms with E-state index in [1.54, 1.807) is 9.45 Å². The van der Waals surface area contributed by atoms with Crippen LogP contribution in [-0.2, 0) is 20.3 Å². The van der Waals surface area contributed by atoms with Crippen molar-refractivity contribution in [3.8, 4) is 0 Å². The molecule has 0 aliphatic heterocycles. The summed E-state index contributed by atoms with van der Waals surface area (Å²) < 4.78 is 7.94. The number of unbranched alkanes of at least 4 members (excludes halogenated alkanes) is 2. The Kier molecular flexibility index (Phi) is 6.76. The van der Waals surface area contributed by atoms with E-state index in [0.717, 1.165) is 13.0 Å². The van der Waals surface area contributed by atoms with Gasteiger partial charge in [-0.15, -0.1) is 0 Å². The van der Waals surface area contributed by atoms with Crippen LogP contribution in [0.1, 0.15) is 52.4 Å². The van der Waals surface area contributed by atoms with Crippen molar-refractivity contribution in [1.29, 1.82) is 0 Å². The molecule has 0 saturated carbocycles. The molecule has 98 valence electrons. The molecule has 17 heavy (non-hydrogen) atoms. The summed E-state index contributed by atoms with van der Waals surface area (Å²) in [5.74, 6) is 0. The molecule has 0 saturated heterocycles. The van der Waals surface area contributed by atoms with Gasteiger partial charge in [0.15, 0.2) is 0 Å². The van der Waals surface area contributed by atoms with E-state index >= 15 is 0 Å². The van der Waals surface area contributed by atoms with Crippen LogP contribution in [-0.4, -0.2) is 6.61 Å². The van der Waals surface area contributed by atoms with Crippen molar-refractivity contribution in [3.05, 3.63) is 21.6 Å². The van der Waals surface area contributed by atoms with Crippen LogP contribution in [0.25, 0.3) is 0 Å². The fourth-order valence-electron chi connectivity index (χ4n) is 2.34. The zero-order valence-corrected chi connectivity index (χ0v) is 13.6. The SMILES string of the molecule is CCCC[O][Ti]([CH3])([CH3])[C]1=C(CCCC)C=CC1. The van der Waals surface area contributed by atoms with Gasteiger partial charge >= 0.3 is 111 Å². The van der Waals surface area contributed by atoms with Crippen LogP contribution in [0.3, 0.4) is 0 Å². The molecule has 0 radical (unpaired) electrons. The molecule has 0 atom stereocenters. The van der Waals surface area contributed by atoms with E-state index < -0.39 is 17.0 Å². The van der Waals surface area contributed by atoms with Crippen LogP contribution in [0.15, 0.2) is 21.6 Å². The summed E-state index contributed by atoms with van der Waals surface area (Å²) in [5.41, 5.74) is 1.60. The monoisotopic (exact) mass is 272 g/mol. The predicted octanol–water partition coefficient (Wildman–Crippen LogP) is 5.37. The normalized spacial score (nSPS) is 16.0. The van der Waals surface area contributed by atoms with Gasteiger partial charge in [-0.3, -0.25) is 0 Å². The van der Waals surface area contributed by atoms with Crippen LogP contribution in [0.2, 0.25) is 10.5 Å². The van der Waals surface area contributed by atoms with Gasteiger partial charge in [-0.1, -0.05) is 0 Å². The van der Waals surface area contributed by atoms with Crippen molar-refractivity contribution in [3.63, 3.8) is 0 Å². The third-order valence-corrected chi connectivity index (χ3v) is 8.05. The van der Waals surface area contributed by atoms with Crippen LogP contribution in [0, 0.1) is 0 Å². The molecule has 0 aromatic heterocycles. The number of hydrogen-bond acceptors (Lipinski definition) is 1. The second kappa shape index (κ2) is 7.56. The third kappa shape index (κ3) is 4.73. The van der Waals surface area contributed by atoms with Crippen LogP contribution < -0.4 is 0 Å². The zero-order chi connectivity index (χ0) is 12.7. The Morgan fingerprint density at radius 1 is 1.18 bits per heavy atom. The van der Waals surface area contributed by atoms with E-state index in [1.807, 2.05) is 0 Å². The fraction of sp³-hybridized carbons (Fsp3) is 0.733. The molecule has 0 amide bonds. The fourth-order valence-corrected chi connectivity index (χ4v) is 6.12. The predicted molar refractivity (Wildman–Crippen MR) is 72.9 cm³/mol. The molecular formula is C15H28OTi. The molecule has 2 heteroatoms.